The first-order chi connectivity index (χ1) is 11.7. The molecule has 0 radical (unpaired) electrons. The Hall–Kier alpha value is -2.33. The summed E-state index contributed by atoms with van der Waals surface area (Å²) >= 11 is 0. The summed E-state index contributed by atoms with van der Waals surface area (Å²) in [5.41, 5.74) is 2.27. The molecule has 2 aromatic carbocycles. The van der Waals surface area contributed by atoms with E-state index in [1.165, 1.54) is 5.56 Å². The third-order valence-electron chi connectivity index (χ3n) is 3.83. The number of hydrogen-bond donors (Lipinski definition) is 1. The molecule has 0 spiro atoms. The van der Waals surface area contributed by atoms with Gasteiger partial charge in [0.1, 0.15) is 5.75 Å². The van der Waals surface area contributed by atoms with Gasteiger partial charge in [-0.2, -0.15) is 0 Å². The molecule has 24 heavy (non-hydrogen) atoms. The van der Waals surface area contributed by atoms with Crippen LogP contribution in [0.5, 0.6) is 5.75 Å². The first kappa shape index (κ1) is 18.0. The van der Waals surface area contributed by atoms with Gasteiger partial charge in [0.25, 0.3) is 0 Å². The highest BCUT2D eigenvalue weighted by molar-refractivity contribution is 5.78. The van der Waals surface area contributed by atoms with Crippen molar-refractivity contribution < 1.29 is 9.53 Å². The van der Waals surface area contributed by atoms with E-state index in [4.69, 9.17) is 4.74 Å². The predicted molar refractivity (Wildman–Crippen MR) is 97.1 cm³/mol. The molecule has 0 aromatic heterocycles. The lowest BCUT2D eigenvalue weighted by Gasteiger charge is -2.16. The molecule has 0 aliphatic carbocycles. The summed E-state index contributed by atoms with van der Waals surface area (Å²) in [5, 5.41) is 2.98. The Labute approximate surface area is 144 Å². The van der Waals surface area contributed by atoms with Crippen LogP contribution >= 0.6 is 0 Å². The van der Waals surface area contributed by atoms with Gasteiger partial charge in [-0.3, -0.25) is 4.79 Å². The molecule has 2 aromatic rings. The van der Waals surface area contributed by atoms with Crippen molar-refractivity contribution in [3.63, 3.8) is 0 Å². The third-order valence-corrected chi connectivity index (χ3v) is 3.83. The van der Waals surface area contributed by atoms with Gasteiger partial charge in [0, 0.05) is 13.1 Å². The second-order valence-corrected chi connectivity index (χ2v) is 5.96. The maximum atomic E-state index is 12.0. The molecule has 0 aliphatic rings. The highest BCUT2D eigenvalue weighted by Crippen LogP contribution is 2.12. The molecule has 0 atom stereocenters. The Bertz CT molecular complexity index is 629. The monoisotopic (exact) mass is 326 g/mol. The first-order valence-corrected chi connectivity index (χ1v) is 8.29. The highest BCUT2D eigenvalue weighted by atomic mass is 16.5. The molecular weight excluding hydrogens is 300 g/mol. The van der Waals surface area contributed by atoms with E-state index in [0.29, 0.717) is 13.0 Å². The smallest absolute Gasteiger partial charge is 0.224 e. The second-order valence-electron chi connectivity index (χ2n) is 5.96. The van der Waals surface area contributed by atoms with Gasteiger partial charge >= 0.3 is 0 Å². The maximum Gasteiger partial charge on any atom is 0.224 e. The van der Waals surface area contributed by atoms with Crippen molar-refractivity contribution >= 4 is 5.91 Å². The van der Waals surface area contributed by atoms with Crippen molar-refractivity contribution in [3.8, 4) is 5.75 Å². The van der Waals surface area contributed by atoms with E-state index in [-0.39, 0.29) is 5.91 Å². The van der Waals surface area contributed by atoms with Crippen molar-refractivity contribution in [1.82, 2.24) is 10.2 Å². The molecule has 0 bridgehead atoms. The van der Waals surface area contributed by atoms with Crippen molar-refractivity contribution in [1.29, 1.82) is 0 Å². The molecule has 0 heterocycles. The minimum Gasteiger partial charge on any atom is -0.497 e. The lowest BCUT2D eigenvalue weighted by Crippen LogP contribution is -2.29. The molecule has 0 saturated heterocycles. The molecule has 1 N–H and O–H groups in total. The van der Waals surface area contributed by atoms with Gasteiger partial charge in [0.05, 0.1) is 13.5 Å². The van der Waals surface area contributed by atoms with E-state index in [1.807, 2.05) is 30.3 Å². The highest BCUT2D eigenvalue weighted by Gasteiger charge is 2.05. The van der Waals surface area contributed by atoms with Crippen molar-refractivity contribution in [2.45, 2.75) is 19.4 Å². The number of nitrogens with zero attached hydrogens (tertiary/aromatic N) is 1. The number of ether oxygens (including phenoxy) is 1. The standard InChI is InChI=1S/C20H26N2O2/c1-22(16-17-8-4-3-5-9-17)13-7-12-21-20(23)15-18-10-6-11-19(14-18)24-2/h3-6,8-11,14H,7,12-13,15-16H2,1-2H3,(H,21,23). The van der Waals surface area contributed by atoms with E-state index in [9.17, 15) is 4.79 Å². The summed E-state index contributed by atoms with van der Waals surface area (Å²) in [4.78, 5) is 14.2. The summed E-state index contributed by atoms with van der Waals surface area (Å²) in [5.74, 6) is 0.830. The van der Waals surface area contributed by atoms with Crippen molar-refractivity contribution in [2.24, 2.45) is 0 Å². The van der Waals surface area contributed by atoms with Gasteiger partial charge in [-0.1, -0.05) is 42.5 Å². The molecule has 0 fully saturated rings. The number of carbonyl (C=O) groups excluding carboxylic acids is 1. The molecule has 4 nitrogen and oxygen atoms in total. The van der Waals surface area contributed by atoms with Gasteiger partial charge in [0.2, 0.25) is 5.91 Å². The summed E-state index contributed by atoms with van der Waals surface area (Å²) < 4.78 is 5.17. The SMILES string of the molecule is COc1cccc(CC(=O)NCCCN(C)Cc2ccccc2)c1. The topological polar surface area (TPSA) is 41.6 Å². The van der Waals surface area contributed by atoms with Gasteiger partial charge in [-0.25, -0.2) is 0 Å². The zero-order valence-corrected chi connectivity index (χ0v) is 14.5. The zero-order valence-electron chi connectivity index (χ0n) is 14.5. The summed E-state index contributed by atoms with van der Waals surface area (Å²) in [6.07, 6.45) is 1.32. The van der Waals surface area contributed by atoms with Crippen LogP contribution in [0.1, 0.15) is 17.5 Å². The summed E-state index contributed by atoms with van der Waals surface area (Å²) in [6.45, 7) is 2.58. The number of methoxy groups -OCH3 is 1. The summed E-state index contributed by atoms with van der Waals surface area (Å²) in [6, 6.07) is 18.0. The maximum absolute atomic E-state index is 12.0. The fourth-order valence-electron chi connectivity index (χ4n) is 2.58. The number of amides is 1. The number of carbonyl (C=O) groups is 1. The molecule has 1 amide bonds. The quantitative estimate of drug-likeness (QED) is 0.721. The van der Waals surface area contributed by atoms with E-state index in [0.717, 1.165) is 30.8 Å². The number of nitrogens with one attached hydrogen (secondary N) is 1. The van der Waals surface area contributed by atoms with Gasteiger partial charge in [-0.15, -0.1) is 0 Å². The number of rotatable bonds is 9. The van der Waals surface area contributed by atoms with Crippen LogP contribution < -0.4 is 10.1 Å². The molecule has 4 heteroatoms. The predicted octanol–water partition coefficient (Wildman–Crippen LogP) is 2.88. The molecule has 0 saturated carbocycles. The number of benzene rings is 2. The molecule has 2 rings (SSSR count). The van der Waals surface area contributed by atoms with Crippen molar-refractivity contribution in [3.05, 3.63) is 65.7 Å². The van der Waals surface area contributed by atoms with Crippen LogP contribution in [0.2, 0.25) is 0 Å². The Kier molecular flexibility index (Phi) is 7.30. The van der Waals surface area contributed by atoms with E-state index in [1.54, 1.807) is 7.11 Å². The van der Waals surface area contributed by atoms with Crippen LogP contribution in [0.4, 0.5) is 0 Å². The Morgan fingerprint density at radius 3 is 2.58 bits per heavy atom. The fraction of sp³-hybridized carbons (Fsp3) is 0.350. The zero-order chi connectivity index (χ0) is 17.2. The molecular formula is C20H26N2O2. The summed E-state index contributed by atoms with van der Waals surface area (Å²) in [7, 11) is 3.73. The number of hydrogen-bond acceptors (Lipinski definition) is 3. The minimum atomic E-state index is 0.0500. The van der Waals surface area contributed by atoms with Crippen molar-refractivity contribution in [2.75, 3.05) is 27.2 Å². The van der Waals surface area contributed by atoms with Gasteiger partial charge in [-0.05, 0) is 43.3 Å². The normalized spacial score (nSPS) is 10.6. The van der Waals surface area contributed by atoms with Crippen LogP contribution in [0, 0.1) is 0 Å². The Balaban J connectivity index is 1.63. The van der Waals surface area contributed by atoms with Crippen LogP contribution in [-0.4, -0.2) is 38.1 Å². The van der Waals surface area contributed by atoms with Gasteiger partial charge < -0.3 is 15.0 Å². The second kappa shape index (κ2) is 9.73. The van der Waals surface area contributed by atoms with Crippen LogP contribution in [0.25, 0.3) is 0 Å². The average molecular weight is 326 g/mol. The van der Waals surface area contributed by atoms with E-state index >= 15 is 0 Å². The van der Waals surface area contributed by atoms with E-state index in [2.05, 4.69) is 41.5 Å². The average Bonchev–Trinajstić information content (AvgIpc) is 2.60. The molecule has 0 aliphatic heterocycles. The first-order valence-electron chi connectivity index (χ1n) is 8.29. The largest absolute Gasteiger partial charge is 0.497 e. The van der Waals surface area contributed by atoms with Crippen LogP contribution in [0.3, 0.4) is 0 Å². The third kappa shape index (κ3) is 6.42. The Morgan fingerprint density at radius 1 is 1.08 bits per heavy atom. The lowest BCUT2D eigenvalue weighted by molar-refractivity contribution is -0.120. The minimum absolute atomic E-state index is 0.0500. The van der Waals surface area contributed by atoms with Crippen LogP contribution in [-0.2, 0) is 17.8 Å². The lowest BCUT2D eigenvalue weighted by atomic mass is 10.1. The van der Waals surface area contributed by atoms with Gasteiger partial charge in [0.15, 0.2) is 0 Å². The van der Waals surface area contributed by atoms with Crippen LogP contribution in [0.15, 0.2) is 54.6 Å². The molecule has 0 unspecified atom stereocenters. The fourth-order valence-corrected chi connectivity index (χ4v) is 2.58. The Morgan fingerprint density at radius 2 is 1.83 bits per heavy atom. The molecule has 128 valence electrons. The van der Waals surface area contributed by atoms with E-state index < -0.39 is 0 Å².